The van der Waals surface area contributed by atoms with Crippen LogP contribution in [0.15, 0.2) is 18.3 Å². The van der Waals surface area contributed by atoms with E-state index in [2.05, 4.69) is 11.9 Å². The van der Waals surface area contributed by atoms with Crippen LogP contribution in [-0.4, -0.2) is 28.9 Å². The third-order valence-corrected chi connectivity index (χ3v) is 2.68. The lowest BCUT2D eigenvalue weighted by Gasteiger charge is -2.15. The Hall–Kier alpha value is -1.45. The number of aromatic nitrogens is 1. The number of nitrogens with zero attached hydrogens (tertiary/aromatic N) is 2. The van der Waals surface area contributed by atoms with Crippen molar-refractivity contribution in [3.63, 3.8) is 0 Å². The van der Waals surface area contributed by atoms with E-state index in [1.807, 2.05) is 0 Å². The summed E-state index contributed by atoms with van der Waals surface area (Å²) in [6, 6.07) is 2.74. The molecule has 0 radical (unpaired) electrons. The molecule has 1 unspecified atom stereocenters. The van der Waals surface area contributed by atoms with Crippen molar-refractivity contribution in [1.29, 1.82) is 0 Å². The minimum absolute atomic E-state index is 0.0966. The number of amides is 1. The quantitative estimate of drug-likeness (QED) is 0.658. The van der Waals surface area contributed by atoms with Crippen LogP contribution in [0.3, 0.4) is 0 Å². The molecule has 1 aliphatic heterocycles. The van der Waals surface area contributed by atoms with E-state index < -0.39 is 5.95 Å². The van der Waals surface area contributed by atoms with Crippen molar-refractivity contribution >= 4 is 5.91 Å². The van der Waals surface area contributed by atoms with Crippen molar-refractivity contribution in [1.82, 2.24) is 9.88 Å². The normalized spacial score (nSPS) is 20.7. The minimum atomic E-state index is -0.604. The first-order valence-corrected chi connectivity index (χ1v) is 5.07. The molecule has 1 saturated heterocycles. The third-order valence-electron chi connectivity index (χ3n) is 2.68. The van der Waals surface area contributed by atoms with E-state index in [-0.39, 0.29) is 5.91 Å². The number of rotatable bonds is 1. The maximum Gasteiger partial charge on any atom is 0.254 e. The molecule has 0 bridgehead atoms. The average Bonchev–Trinajstić information content (AvgIpc) is 2.64. The molecule has 0 aliphatic carbocycles. The lowest BCUT2D eigenvalue weighted by molar-refractivity contribution is 0.0787. The van der Waals surface area contributed by atoms with Gasteiger partial charge in [0.05, 0.1) is 0 Å². The molecule has 0 spiro atoms. The van der Waals surface area contributed by atoms with E-state index in [1.54, 1.807) is 11.0 Å². The first kappa shape index (κ1) is 10.1. The van der Waals surface area contributed by atoms with Crippen LogP contribution in [0, 0.1) is 11.9 Å². The van der Waals surface area contributed by atoms with Gasteiger partial charge in [-0.3, -0.25) is 4.79 Å². The number of carbonyl (C=O) groups excluding carboxylic acids is 1. The lowest BCUT2D eigenvalue weighted by atomic mass is 10.2. The highest BCUT2D eigenvalue weighted by Crippen LogP contribution is 2.17. The third kappa shape index (κ3) is 2.14. The number of carbonyl (C=O) groups is 1. The van der Waals surface area contributed by atoms with E-state index >= 15 is 0 Å². The molecule has 80 valence electrons. The molecule has 4 heteroatoms. The number of halogens is 1. The summed E-state index contributed by atoms with van der Waals surface area (Å²) in [4.78, 5) is 17.1. The molecule has 2 heterocycles. The Labute approximate surface area is 87.9 Å². The Morgan fingerprint density at radius 1 is 1.67 bits per heavy atom. The van der Waals surface area contributed by atoms with Crippen molar-refractivity contribution in [2.75, 3.05) is 13.1 Å². The maximum absolute atomic E-state index is 12.8. The molecule has 1 aromatic rings. The fourth-order valence-electron chi connectivity index (χ4n) is 1.84. The van der Waals surface area contributed by atoms with Crippen molar-refractivity contribution < 1.29 is 9.18 Å². The van der Waals surface area contributed by atoms with Gasteiger partial charge in [-0.05, 0) is 18.4 Å². The maximum atomic E-state index is 12.8. The molecule has 0 saturated carbocycles. The molecular weight excluding hydrogens is 195 g/mol. The molecule has 1 fully saturated rings. The van der Waals surface area contributed by atoms with Crippen LogP contribution in [0.5, 0.6) is 0 Å². The number of pyridine rings is 1. The van der Waals surface area contributed by atoms with Gasteiger partial charge in [0, 0.05) is 30.9 Å². The Morgan fingerprint density at radius 3 is 3.07 bits per heavy atom. The van der Waals surface area contributed by atoms with Gasteiger partial charge in [-0.15, -0.1) is 0 Å². The smallest absolute Gasteiger partial charge is 0.254 e. The van der Waals surface area contributed by atoms with E-state index in [1.165, 1.54) is 12.3 Å². The summed E-state index contributed by atoms with van der Waals surface area (Å²) < 4.78 is 12.8. The molecule has 3 nitrogen and oxygen atoms in total. The van der Waals surface area contributed by atoms with Crippen LogP contribution in [0.4, 0.5) is 4.39 Å². The summed E-state index contributed by atoms with van der Waals surface area (Å²) in [5, 5.41) is 0. The number of hydrogen-bond donors (Lipinski definition) is 0. The second-order valence-electron chi connectivity index (χ2n) is 4.01. The first-order valence-electron chi connectivity index (χ1n) is 5.07. The zero-order chi connectivity index (χ0) is 10.8. The highest BCUT2D eigenvalue weighted by Gasteiger charge is 2.24. The highest BCUT2D eigenvalue weighted by atomic mass is 19.1. The van der Waals surface area contributed by atoms with Gasteiger partial charge >= 0.3 is 0 Å². The predicted octanol–water partition coefficient (Wildman–Crippen LogP) is 1.70. The Morgan fingerprint density at radius 2 is 2.47 bits per heavy atom. The van der Waals surface area contributed by atoms with Crippen molar-refractivity contribution in [2.24, 2.45) is 5.92 Å². The second-order valence-corrected chi connectivity index (χ2v) is 4.01. The molecular formula is C11H13FN2O. The van der Waals surface area contributed by atoms with Crippen molar-refractivity contribution in [2.45, 2.75) is 13.3 Å². The Bertz CT molecular complexity index is 381. The molecule has 0 aromatic carbocycles. The van der Waals surface area contributed by atoms with Crippen molar-refractivity contribution in [3.05, 3.63) is 29.8 Å². The van der Waals surface area contributed by atoms with Gasteiger partial charge in [-0.1, -0.05) is 6.92 Å². The van der Waals surface area contributed by atoms with Gasteiger partial charge in [-0.2, -0.15) is 4.39 Å². The van der Waals surface area contributed by atoms with Crippen LogP contribution in [0.2, 0.25) is 0 Å². The van der Waals surface area contributed by atoms with Crippen LogP contribution in [0.1, 0.15) is 23.7 Å². The highest BCUT2D eigenvalue weighted by molar-refractivity contribution is 5.94. The largest absolute Gasteiger partial charge is 0.338 e. The van der Waals surface area contributed by atoms with Crippen LogP contribution in [0.25, 0.3) is 0 Å². The topological polar surface area (TPSA) is 33.2 Å². The summed E-state index contributed by atoms with van der Waals surface area (Å²) in [5.74, 6) is -0.158. The van der Waals surface area contributed by atoms with Gasteiger partial charge in [0.25, 0.3) is 5.91 Å². The molecule has 1 atom stereocenters. The van der Waals surface area contributed by atoms with Crippen LogP contribution >= 0.6 is 0 Å². The zero-order valence-electron chi connectivity index (χ0n) is 8.61. The molecule has 2 rings (SSSR count). The summed E-state index contributed by atoms with van der Waals surface area (Å²) >= 11 is 0. The van der Waals surface area contributed by atoms with E-state index in [0.29, 0.717) is 11.5 Å². The Balaban J connectivity index is 2.14. The van der Waals surface area contributed by atoms with Crippen LogP contribution < -0.4 is 0 Å². The average molecular weight is 208 g/mol. The summed E-state index contributed by atoms with van der Waals surface area (Å²) in [7, 11) is 0. The van der Waals surface area contributed by atoms with Crippen LogP contribution in [-0.2, 0) is 0 Å². The van der Waals surface area contributed by atoms with Gasteiger partial charge in [0.15, 0.2) is 0 Å². The summed E-state index contributed by atoms with van der Waals surface area (Å²) in [6.07, 6.45) is 2.35. The molecule has 1 amide bonds. The predicted molar refractivity (Wildman–Crippen MR) is 53.9 cm³/mol. The molecule has 1 aliphatic rings. The first-order chi connectivity index (χ1) is 7.16. The van der Waals surface area contributed by atoms with E-state index in [0.717, 1.165) is 19.5 Å². The standard InChI is InChI=1S/C11H13FN2O/c1-8-3-5-14(7-8)11(15)9-2-4-13-10(12)6-9/h2,4,6,8H,3,5,7H2,1H3. The van der Waals surface area contributed by atoms with Gasteiger partial charge in [-0.25, -0.2) is 4.98 Å². The monoisotopic (exact) mass is 208 g/mol. The number of likely N-dealkylation sites (tertiary alicyclic amines) is 1. The molecule has 15 heavy (non-hydrogen) atoms. The van der Waals surface area contributed by atoms with Gasteiger partial charge in [0.1, 0.15) is 0 Å². The lowest BCUT2D eigenvalue weighted by Crippen LogP contribution is -2.28. The molecule has 1 aromatic heterocycles. The fraction of sp³-hybridized carbons (Fsp3) is 0.455. The summed E-state index contributed by atoms with van der Waals surface area (Å²) in [5.41, 5.74) is 0.386. The van der Waals surface area contributed by atoms with Crippen molar-refractivity contribution in [3.8, 4) is 0 Å². The Kier molecular flexibility index (Phi) is 2.66. The van der Waals surface area contributed by atoms with E-state index in [4.69, 9.17) is 0 Å². The molecule has 0 N–H and O–H groups in total. The fourth-order valence-corrected chi connectivity index (χ4v) is 1.84. The van der Waals surface area contributed by atoms with Gasteiger partial charge < -0.3 is 4.90 Å². The second kappa shape index (κ2) is 3.96. The zero-order valence-corrected chi connectivity index (χ0v) is 8.61. The number of hydrogen-bond acceptors (Lipinski definition) is 2. The SMILES string of the molecule is CC1CCN(C(=O)c2ccnc(F)c2)C1. The summed E-state index contributed by atoms with van der Waals surface area (Å²) in [6.45, 7) is 3.65. The minimum Gasteiger partial charge on any atom is -0.338 e. The van der Waals surface area contributed by atoms with E-state index in [9.17, 15) is 9.18 Å². The van der Waals surface area contributed by atoms with Gasteiger partial charge in [0.2, 0.25) is 5.95 Å².